The molecule has 1 atom stereocenters. The van der Waals surface area contributed by atoms with Crippen LogP contribution in [0.1, 0.15) is 6.92 Å². The fourth-order valence-corrected chi connectivity index (χ4v) is 0.490. The Morgan fingerprint density at radius 3 is 2.64 bits per heavy atom. The number of carbonyl (C=O) groups excluding carboxylic acids is 2. The molecule has 0 aliphatic carbocycles. The zero-order valence-corrected chi connectivity index (χ0v) is 6.81. The van der Waals surface area contributed by atoms with Gasteiger partial charge in [-0.1, -0.05) is 5.92 Å². The molecule has 0 rings (SSSR count). The van der Waals surface area contributed by atoms with Gasteiger partial charge in [-0.3, -0.25) is 9.59 Å². The molecule has 0 saturated carbocycles. The summed E-state index contributed by atoms with van der Waals surface area (Å²) >= 11 is 5.37. The fourth-order valence-electron chi connectivity index (χ4n) is 0.412. The molecule has 1 amide bonds. The minimum atomic E-state index is -1.12. The van der Waals surface area contributed by atoms with Gasteiger partial charge in [0.1, 0.15) is 0 Å². The number of alkyl halides is 1. The summed E-state index contributed by atoms with van der Waals surface area (Å²) in [6, 6.07) is 0. The number of carbonyl (C=O) groups is 2. The van der Waals surface area contributed by atoms with E-state index in [4.69, 9.17) is 18.0 Å². The second kappa shape index (κ2) is 4.75. The van der Waals surface area contributed by atoms with Crippen molar-refractivity contribution in [1.29, 1.82) is 0 Å². The second-order valence-corrected chi connectivity index (χ2v) is 2.33. The number of ketones is 1. The molecule has 0 radical (unpaired) electrons. The summed E-state index contributed by atoms with van der Waals surface area (Å²) in [4.78, 5) is 21.3. The quantitative estimate of drug-likeness (QED) is 0.369. The van der Waals surface area contributed by atoms with Crippen LogP contribution in [0, 0.1) is 12.3 Å². The van der Waals surface area contributed by atoms with Gasteiger partial charge in [0.25, 0.3) is 0 Å². The van der Waals surface area contributed by atoms with Crippen molar-refractivity contribution < 1.29 is 9.59 Å². The van der Waals surface area contributed by atoms with Crippen LogP contribution in [0.2, 0.25) is 0 Å². The van der Waals surface area contributed by atoms with Gasteiger partial charge in [0, 0.05) is 0 Å². The number of hydrogen-bond donors (Lipinski definition) is 1. The first-order chi connectivity index (χ1) is 5.09. The van der Waals surface area contributed by atoms with Gasteiger partial charge < -0.3 is 5.32 Å². The third-order valence-electron chi connectivity index (χ3n) is 0.952. The predicted molar refractivity (Wildman–Crippen MR) is 42.2 cm³/mol. The van der Waals surface area contributed by atoms with Crippen molar-refractivity contribution in [2.45, 2.75) is 12.3 Å². The highest BCUT2D eigenvalue weighted by Gasteiger charge is 2.18. The van der Waals surface area contributed by atoms with Crippen LogP contribution in [0.25, 0.3) is 0 Å². The standard InChI is InChI=1S/C7H8ClNO2/c1-3-4-9-7(11)6(8)5(2)10/h1,6H,4H2,2H3,(H,9,11). The zero-order chi connectivity index (χ0) is 8.85. The van der Waals surface area contributed by atoms with E-state index >= 15 is 0 Å². The van der Waals surface area contributed by atoms with Crippen LogP contribution in [0.3, 0.4) is 0 Å². The number of hydrogen-bond acceptors (Lipinski definition) is 2. The molecule has 0 aromatic carbocycles. The van der Waals surface area contributed by atoms with Gasteiger partial charge in [0.2, 0.25) is 5.91 Å². The summed E-state index contributed by atoms with van der Waals surface area (Å²) in [5.74, 6) is 1.26. The van der Waals surface area contributed by atoms with Gasteiger partial charge in [-0.05, 0) is 6.92 Å². The largest absolute Gasteiger partial charge is 0.344 e. The molecule has 11 heavy (non-hydrogen) atoms. The number of Topliss-reactive ketones (excluding diaryl/α,β-unsaturated/α-hetero) is 1. The lowest BCUT2D eigenvalue weighted by Gasteiger charge is -2.03. The maximum atomic E-state index is 10.8. The van der Waals surface area contributed by atoms with Gasteiger partial charge in [-0.25, -0.2) is 0 Å². The highest BCUT2D eigenvalue weighted by Crippen LogP contribution is 1.95. The minimum Gasteiger partial charge on any atom is -0.344 e. The molecule has 0 aromatic heterocycles. The molecule has 60 valence electrons. The van der Waals surface area contributed by atoms with E-state index in [9.17, 15) is 9.59 Å². The molecule has 1 N–H and O–H groups in total. The third kappa shape index (κ3) is 3.64. The maximum Gasteiger partial charge on any atom is 0.246 e. The molecular formula is C7H8ClNO2. The van der Waals surface area contributed by atoms with E-state index in [1.54, 1.807) is 0 Å². The molecule has 3 nitrogen and oxygen atoms in total. The lowest BCUT2D eigenvalue weighted by Crippen LogP contribution is -2.35. The highest BCUT2D eigenvalue weighted by atomic mass is 35.5. The van der Waals surface area contributed by atoms with Crippen LogP contribution in [0.15, 0.2) is 0 Å². The topological polar surface area (TPSA) is 46.2 Å². The normalized spacial score (nSPS) is 11.4. The molecule has 0 fully saturated rings. The SMILES string of the molecule is C#CCNC(=O)C(Cl)C(C)=O. The van der Waals surface area contributed by atoms with E-state index in [1.165, 1.54) is 6.92 Å². The molecule has 0 saturated heterocycles. The Kier molecular flexibility index (Phi) is 4.32. The highest BCUT2D eigenvalue weighted by molar-refractivity contribution is 6.41. The Balaban J connectivity index is 3.85. The predicted octanol–water partition coefficient (Wildman–Crippen LogP) is -0.0678. The molecule has 0 aromatic rings. The van der Waals surface area contributed by atoms with Gasteiger partial charge in [0.05, 0.1) is 6.54 Å². The number of rotatable bonds is 3. The van der Waals surface area contributed by atoms with Gasteiger partial charge in [0.15, 0.2) is 11.2 Å². The van der Waals surface area contributed by atoms with Gasteiger partial charge >= 0.3 is 0 Å². The van der Waals surface area contributed by atoms with Crippen molar-refractivity contribution in [3.05, 3.63) is 0 Å². The third-order valence-corrected chi connectivity index (χ3v) is 1.46. The number of nitrogens with one attached hydrogen (secondary N) is 1. The number of terminal acetylenes is 1. The molecular weight excluding hydrogens is 166 g/mol. The fraction of sp³-hybridized carbons (Fsp3) is 0.429. The van der Waals surface area contributed by atoms with Crippen molar-refractivity contribution in [1.82, 2.24) is 5.32 Å². The summed E-state index contributed by atoms with van der Waals surface area (Å²) in [7, 11) is 0. The average Bonchev–Trinajstić information content (AvgIpc) is 1.98. The Hall–Kier alpha value is -1.01. The van der Waals surface area contributed by atoms with Crippen molar-refractivity contribution in [3.63, 3.8) is 0 Å². The molecule has 0 heterocycles. The lowest BCUT2D eigenvalue weighted by atomic mass is 10.3. The van der Waals surface area contributed by atoms with Crippen LogP contribution in [0.4, 0.5) is 0 Å². The Labute approximate surface area is 70.1 Å². The summed E-state index contributed by atoms with van der Waals surface area (Å²) in [5.41, 5.74) is 0. The second-order valence-electron chi connectivity index (χ2n) is 1.90. The number of halogens is 1. The van der Waals surface area contributed by atoms with Crippen molar-refractivity contribution in [3.8, 4) is 12.3 Å². The maximum absolute atomic E-state index is 10.8. The van der Waals surface area contributed by atoms with Crippen molar-refractivity contribution in [2.75, 3.05) is 6.54 Å². The van der Waals surface area contributed by atoms with Crippen LogP contribution in [-0.2, 0) is 9.59 Å². The van der Waals surface area contributed by atoms with Crippen molar-refractivity contribution >= 4 is 23.3 Å². The van der Waals surface area contributed by atoms with E-state index in [1.807, 2.05) is 0 Å². The molecule has 0 bridgehead atoms. The van der Waals surface area contributed by atoms with E-state index in [0.717, 1.165) is 0 Å². The van der Waals surface area contributed by atoms with Gasteiger partial charge in [-0.2, -0.15) is 0 Å². The smallest absolute Gasteiger partial charge is 0.246 e. The molecule has 0 aliphatic rings. The minimum absolute atomic E-state index is 0.0926. The Bertz CT molecular complexity index is 207. The lowest BCUT2D eigenvalue weighted by molar-refractivity contribution is -0.126. The molecule has 0 spiro atoms. The first-order valence-electron chi connectivity index (χ1n) is 2.95. The van der Waals surface area contributed by atoms with Crippen LogP contribution in [-0.4, -0.2) is 23.6 Å². The molecule has 1 unspecified atom stereocenters. The van der Waals surface area contributed by atoms with E-state index in [0.29, 0.717) is 0 Å². The summed E-state index contributed by atoms with van der Waals surface area (Å²) in [5, 5.41) is 1.16. The van der Waals surface area contributed by atoms with E-state index in [2.05, 4.69) is 11.2 Å². The number of amides is 1. The van der Waals surface area contributed by atoms with Crippen LogP contribution in [0.5, 0.6) is 0 Å². The first-order valence-corrected chi connectivity index (χ1v) is 3.39. The van der Waals surface area contributed by atoms with Gasteiger partial charge in [-0.15, -0.1) is 18.0 Å². The Morgan fingerprint density at radius 2 is 2.27 bits per heavy atom. The monoisotopic (exact) mass is 173 g/mol. The average molecular weight is 174 g/mol. The van der Waals surface area contributed by atoms with Crippen LogP contribution >= 0.6 is 11.6 Å². The van der Waals surface area contributed by atoms with E-state index < -0.39 is 11.3 Å². The van der Waals surface area contributed by atoms with Crippen LogP contribution < -0.4 is 5.32 Å². The summed E-state index contributed by atoms with van der Waals surface area (Å²) < 4.78 is 0. The Morgan fingerprint density at radius 1 is 1.73 bits per heavy atom. The molecule has 0 aliphatic heterocycles. The summed E-state index contributed by atoms with van der Waals surface area (Å²) in [6.45, 7) is 1.34. The zero-order valence-electron chi connectivity index (χ0n) is 6.06. The van der Waals surface area contributed by atoms with Crippen molar-refractivity contribution in [2.24, 2.45) is 0 Å². The summed E-state index contributed by atoms with van der Waals surface area (Å²) in [6.07, 6.45) is 4.86. The first kappa shape index (κ1) is 9.99. The van der Waals surface area contributed by atoms with E-state index in [-0.39, 0.29) is 12.3 Å². The molecule has 4 heteroatoms.